The minimum atomic E-state index is -1.21. The fourth-order valence-corrected chi connectivity index (χ4v) is 3.89. The third-order valence-electron chi connectivity index (χ3n) is 5.75. The van der Waals surface area contributed by atoms with Gasteiger partial charge in [-0.25, -0.2) is 9.59 Å². The van der Waals surface area contributed by atoms with Gasteiger partial charge in [0.15, 0.2) is 0 Å². The summed E-state index contributed by atoms with van der Waals surface area (Å²) in [5.41, 5.74) is 1.43. The number of phenols is 1. The van der Waals surface area contributed by atoms with Crippen molar-refractivity contribution in [3.63, 3.8) is 0 Å². The number of aliphatic carboxylic acids is 1. The van der Waals surface area contributed by atoms with E-state index in [0.29, 0.717) is 24.9 Å². The first kappa shape index (κ1) is 25.5. The maximum atomic E-state index is 12.9. The van der Waals surface area contributed by atoms with Crippen LogP contribution in [0.2, 0.25) is 0 Å². The van der Waals surface area contributed by atoms with Crippen LogP contribution < -0.4 is 10.6 Å². The molecule has 10 nitrogen and oxygen atoms in total. The van der Waals surface area contributed by atoms with E-state index in [9.17, 15) is 29.4 Å². The van der Waals surface area contributed by atoms with E-state index in [1.807, 2.05) is 18.2 Å². The molecule has 1 heterocycles. The van der Waals surface area contributed by atoms with Crippen LogP contribution in [0.1, 0.15) is 30.9 Å². The average molecular weight is 484 g/mol. The molecule has 0 bridgehead atoms. The van der Waals surface area contributed by atoms with Gasteiger partial charge in [0.05, 0.1) is 0 Å². The topological polar surface area (TPSA) is 145 Å². The first-order valence-corrected chi connectivity index (χ1v) is 11.3. The lowest BCUT2D eigenvalue weighted by molar-refractivity contribution is -0.144. The van der Waals surface area contributed by atoms with Crippen molar-refractivity contribution in [2.45, 2.75) is 50.9 Å². The highest BCUT2D eigenvalue weighted by molar-refractivity contribution is 5.93. The number of carboxylic acid groups (broad SMARTS) is 1. The summed E-state index contributed by atoms with van der Waals surface area (Å²) in [6, 6.07) is 12.2. The number of rotatable bonds is 9. The first-order chi connectivity index (χ1) is 16.7. The van der Waals surface area contributed by atoms with Crippen LogP contribution in [0.5, 0.6) is 5.75 Å². The number of carbonyl (C=O) groups is 4. The Labute approximate surface area is 202 Å². The Hall–Kier alpha value is -4.08. The molecule has 1 saturated heterocycles. The van der Waals surface area contributed by atoms with Crippen molar-refractivity contribution in [2.75, 3.05) is 6.54 Å². The molecule has 3 atom stereocenters. The molecule has 10 heteroatoms. The Morgan fingerprint density at radius 3 is 2.37 bits per heavy atom. The normalized spacial score (nSPS) is 16.7. The zero-order chi connectivity index (χ0) is 25.4. The Bertz CT molecular complexity index is 1040. The largest absolute Gasteiger partial charge is 0.508 e. The molecule has 4 N–H and O–H groups in total. The average Bonchev–Trinajstić information content (AvgIpc) is 3.34. The van der Waals surface area contributed by atoms with E-state index in [0.717, 1.165) is 5.56 Å². The molecule has 1 aliphatic heterocycles. The molecule has 0 radical (unpaired) electrons. The zero-order valence-corrected chi connectivity index (χ0v) is 19.3. The summed E-state index contributed by atoms with van der Waals surface area (Å²) in [4.78, 5) is 51.0. The Morgan fingerprint density at radius 1 is 1.03 bits per heavy atom. The van der Waals surface area contributed by atoms with Crippen LogP contribution in [0, 0.1) is 0 Å². The molecule has 0 spiro atoms. The lowest BCUT2D eigenvalue weighted by Crippen LogP contribution is -2.55. The van der Waals surface area contributed by atoms with Gasteiger partial charge < -0.3 is 30.5 Å². The SMILES string of the molecule is C[C@H](NC(=O)OCc1ccccc1)C(=O)N1CCC[C@H]1C(=O)N[C@@H](Cc1ccc(O)cc1)C(=O)O. The van der Waals surface area contributed by atoms with Crippen LogP contribution in [0.3, 0.4) is 0 Å². The molecule has 0 aromatic heterocycles. The fraction of sp³-hybridized carbons (Fsp3) is 0.360. The highest BCUT2D eigenvalue weighted by Gasteiger charge is 2.37. The van der Waals surface area contributed by atoms with Gasteiger partial charge in [0.25, 0.3) is 0 Å². The minimum absolute atomic E-state index is 0.0211. The van der Waals surface area contributed by atoms with Gasteiger partial charge in [-0.2, -0.15) is 0 Å². The van der Waals surface area contributed by atoms with Gasteiger partial charge in [-0.15, -0.1) is 0 Å². The predicted octanol–water partition coefficient (Wildman–Crippen LogP) is 1.81. The summed E-state index contributed by atoms with van der Waals surface area (Å²) in [5.74, 6) is -2.18. The van der Waals surface area contributed by atoms with Crippen LogP contribution >= 0.6 is 0 Å². The van der Waals surface area contributed by atoms with E-state index in [-0.39, 0.29) is 18.8 Å². The molecule has 0 aliphatic carbocycles. The summed E-state index contributed by atoms with van der Waals surface area (Å²) in [7, 11) is 0. The van der Waals surface area contributed by atoms with E-state index in [4.69, 9.17) is 4.74 Å². The van der Waals surface area contributed by atoms with E-state index in [1.165, 1.54) is 24.0 Å². The number of likely N-dealkylation sites (tertiary alicyclic amines) is 1. The summed E-state index contributed by atoms with van der Waals surface area (Å²) in [5, 5.41) is 24.0. The summed E-state index contributed by atoms with van der Waals surface area (Å²) in [6.07, 6.45) is 0.224. The van der Waals surface area contributed by atoms with E-state index >= 15 is 0 Å². The van der Waals surface area contributed by atoms with Crippen molar-refractivity contribution in [3.05, 3.63) is 65.7 Å². The van der Waals surface area contributed by atoms with E-state index in [2.05, 4.69) is 10.6 Å². The minimum Gasteiger partial charge on any atom is -0.508 e. The zero-order valence-electron chi connectivity index (χ0n) is 19.3. The van der Waals surface area contributed by atoms with Gasteiger partial charge in [-0.1, -0.05) is 42.5 Å². The highest BCUT2D eigenvalue weighted by atomic mass is 16.5. The summed E-state index contributed by atoms with van der Waals surface area (Å²) < 4.78 is 5.15. The van der Waals surface area contributed by atoms with E-state index < -0.39 is 42.0 Å². The fourth-order valence-electron chi connectivity index (χ4n) is 3.89. The standard InChI is InChI=1S/C25H29N3O7/c1-16(26-25(34)35-15-18-6-3-2-4-7-18)23(31)28-13-5-8-21(28)22(30)27-20(24(32)33)14-17-9-11-19(29)12-10-17/h2-4,6-7,9-12,16,20-21,29H,5,8,13-15H2,1H3,(H,26,34)(H,27,30)(H,32,33)/t16-,20-,21-/m0/s1. The number of carboxylic acids is 1. The number of hydrogen-bond donors (Lipinski definition) is 4. The van der Waals surface area contributed by atoms with Crippen LogP contribution in [0.15, 0.2) is 54.6 Å². The second-order valence-electron chi connectivity index (χ2n) is 8.39. The Morgan fingerprint density at radius 2 is 1.71 bits per heavy atom. The van der Waals surface area contributed by atoms with Crippen molar-refractivity contribution < 1.29 is 34.1 Å². The lowest BCUT2D eigenvalue weighted by Gasteiger charge is -2.28. The molecule has 2 aromatic carbocycles. The van der Waals surface area contributed by atoms with Crippen LogP contribution in [0.25, 0.3) is 0 Å². The third kappa shape index (κ3) is 7.20. The number of alkyl carbamates (subject to hydrolysis) is 1. The molecule has 186 valence electrons. The molecular weight excluding hydrogens is 454 g/mol. The quantitative estimate of drug-likeness (QED) is 0.426. The number of ether oxygens (including phenoxy) is 1. The second kappa shape index (κ2) is 11.9. The number of aromatic hydroxyl groups is 1. The lowest BCUT2D eigenvalue weighted by atomic mass is 10.0. The monoisotopic (exact) mass is 483 g/mol. The van der Waals surface area contributed by atoms with Crippen LogP contribution in [-0.4, -0.2) is 63.7 Å². The van der Waals surface area contributed by atoms with Gasteiger partial charge in [0, 0.05) is 13.0 Å². The molecular formula is C25H29N3O7. The third-order valence-corrected chi connectivity index (χ3v) is 5.75. The number of carbonyl (C=O) groups excluding carboxylic acids is 3. The maximum absolute atomic E-state index is 12.9. The highest BCUT2D eigenvalue weighted by Crippen LogP contribution is 2.19. The number of hydrogen-bond acceptors (Lipinski definition) is 6. The van der Waals surface area contributed by atoms with Crippen molar-refractivity contribution >= 4 is 23.9 Å². The second-order valence-corrected chi connectivity index (χ2v) is 8.39. The van der Waals surface area contributed by atoms with Gasteiger partial charge in [-0.05, 0) is 43.0 Å². The van der Waals surface area contributed by atoms with E-state index in [1.54, 1.807) is 24.3 Å². The van der Waals surface area contributed by atoms with Crippen LogP contribution in [0.4, 0.5) is 4.79 Å². The number of phenolic OH excluding ortho intramolecular Hbond substituents is 1. The van der Waals surface area contributed by atoms with Crippen molar-refractivity contribution in [1.82, 2.24) is 15.5 Å². The molecule has 1 fully saturated rings. The smallest absolute Gasteiger partial charge is 0.408 e. The van der Waals surface area contributed by atoms with Gasteiger partial charge in [-0.3, -0.25) is 9.59 Å². The Kier molecular flexibility index (Phi) is 8.66. The molecule has 0 unspecified atom stereocenters. The van der Waals surface area contributed by atoms with Crippen molar-refractivity contribution in [2.24, 2.45) is 0 Å². The number of nitrogens with one attached hydrogen (secondary N) is 2. The molecule has 2 aromatic rings. The van der Waals surface area contributed by atoms with Gasteiger partial charge in [0.1, 0.15) is 30.5 Å². The summed E-state index contributed by atoms with van der Waals surface area (Å²) in [6.45, 7) is 1.88. The number of amides is 3. The molecule has 0 saturated carbocycles. The first-order valence-electron chi connectivity index (χ1n) is 11.3. The molecule has 3 rings (SSSR count). The van der Waals surface area contributed by atoms with Gasteiger partial charge in [0.2, 0.25) is 11.8 Å². The maximum Gasteiger partial charge on any atom is 0.408 e. The van der Waals surface area contributed by atoms with Gasteiger partial charge >= 0.3 is 12.1 Å². The number of benzene rings is 2. The van der Waals surface area contributed by atoms with Crippen LogP contribution in [-0.2, 0) is 32.1 Å². The summed E-state index contributed by atoms with van der Waals surface area (Å²) >= 11 is 0. The van der Waals surface area contributed by atoms with Crippen molar-refractivity contribution in [3.8, 4) is 5.75 Å². The predicted molar refractivity (Wildman–Crippen MR) is 125 cm³/mol. The Balaban J connectivity index is 1.55. The molecule has 3 amide bonds. The molecule has 35 heavy (non-hydrogen) atoms. The van der Waals surface area contributed by atoms with Crippen molar-refractivity contribution in [1.29, 1.82) is 0 Å². The number of nitrogens with zero attached hydrogens (tertiary/aromatic N) is 1. The molecule has 1 aliphatic rings.